The third-order valence-corrected chi connectivity index (χ3v) is 2.33. The van der Waals surface area contributed by atoms with E-state index in [9.17, 15) is 18.4 Å². The molecule has 6 heteroatoms. The fourth-order valence-corrected chi connectivity index (χ4v) is 1.46. The van der Waals surface area contributed by atoms with E-state index in [2.05, 4.69) is 11.9 Å². The van der Waals surface area contributed by atoms with Gasteiger partial charge in [0.05, 0.1) is 5.56 Å². The van der Waals surface area contributed by atoms with Crippen molar-refractivity contribution >= 4 is 11.9 Å². The zero-order chi connectivity index (χ0) is 14.6. The summed E-state index contributed by atoms with van der Waals surface area (Å²) < 4.78 is 26.0. The number of carbonyl (C=O) groups excluding carboxylic acids is 1. The van der Waals surface area contributed by atoms with Gasteiger partial charge < -0.3 is 10.4 Å². The molecule has 4 nitrogen and oxygen atoms in total. The fourth-order valence-electron chi connectivity index (χ4n) is 1.46. The van der Waals surface area contributed by atoms with Gasteiger partial charge in [-0.15, -0.1) is 6.58 Å². The predicted octanol–water partition coefficient (Wildman–Crippen LogP) is 2.11. The van der Waals surface area contributed by atoms with Crippen LogP contribution < -0.4 is 5.32 Å². The van der Waals surface area contributed by atoms with E-state index in [1.165, 1.54) is 0 Å². The maximum absolute atomic E-state index is 13.3. The van der Waals surface area contributed by atoms with Crippen molar-refractivity contribution in [3.05, 3.63) is 47.5 Å². The number of benzene rings is 1. The molecule has 0 spiro atoms. The molecule has 0 saturated carbocycles. The van der Waals surface area contributed by atoms with E-state index in [-0.39, 0.29) is 6.42 Å². The average molecular weight is 269 g/mol. The highest BCUT2D eigenvalue weighted by atomic mass is 19.1. The quantitative estimate of drug-likeness (QED) is 0.804. The third-order valence-electron chi connectivity index (χ3n) is 2.33. The summed E-state index contributed by atoms with van der Waals surface area (Å²) in [6.07, 6.45) is 0.0316. The molecule has 0 heterocycles. The Labute approximate surface area is 108 Å². The van der Waals surface area contributed by atoms with Gasteiger partial charge in [-0.2, -0.15) is 0 Å². The van der Waals surface area contributed by atoms with Gasteiger partial charge >= 0.3 is 5.97 Å². The van der Waals surface area contributed by atoms with Gasteiger partial charge in [0.1, 0.15) is 17.7 Å². The van der Waals surface area contributed by atoms with Crippen molar-refractivity contribution in [2.45, 2.75) is 19.4 Å². The Balaban J connectivity index is 2.87. The predicted molar refractivity (Wildman–Crippen MR) is 64.7 cm³/mol. The Hall–Kier alpha value is -2.24. The van der Waals surface area contributed by atoms with Crippen molar-refractivity contribution in [1.82, 2.24) is 5.32 Å². The number of halogens is 2. The molecule has 1 rings (SSSR count). The molecule has 2 N–H and O–H groups in total. The van der Waals surface area contributed by atoms with E-state index in [1.54, 1.807) is 6.92 Å². The monoisotopic (exact) mass is 269 g/mol. The lowest BCUT2D eigenvalue weighted by Crippen LogP contribution is -2.41. The van der Waals surface area contributed by atoms with Crippen LogP contribution in [-0.2, 0) is 4.79 Å². The highest BCUT2D eigenvalue weighted by Gasteiger charge is 2.22. The number of carbonyl (C=O) groups is 2. The van der Waals surface area contributed by atoms with Crippen LogP contribution in [0.25, 0.3) is 0 Å². The number of nitrogens with one attached hydrogen (secondary N) is 1. The molecule has 0 unspecified atom stereocenters. The second kappa shape index (κ2) is 6.08. The molecule has 19 heavy (non-hydrogen) atoms. The first-order valence-electron chi connectivity index (χ1n) is 5.44. The number of hydrogen-bond acceptors (Lipinski definition) is 2. The molecule has 1 amide bonds. The molecular formula is C13H13F2NO3. The zero-order valence-electron chi connectivity index (χ0n) is 10.2. The van der Waals surface area contributed by atoms with Gasteiger partial charge in [0.15, 0.2) is 0 Å². The summed E-state index contributed by atoms with van der Waals surface area (Å²) in [4.78, 5) is 22.6. The van der Waals surface area contributed by atoms with Crippen LogP contribution in [0.15, 0.2) is 30.4 Å². The van der Waals surface area contributed by atoms with Crippen molar-refractivity contribution in [3.63, 3.8) is 0 Å². The van der Waals surface area contributed by atoms with Crippen LogP contribution >= 0.6 is 0 Å². The summed E-state index contributed by atoms with van der Waals surface area (Å²) in [5.41, 5.74) is 0.154. The van der Waals surface area contributed by atoms with E-state index in [1.807, 2.05) is 0 Å². The van der Waals surface area contributed by atoms with Crippen LogP contribution in [0.4, 0.5) is 8.78 Å². The smallest absolute Gasteiger partial charge is 0.326 e. The molecule has 0 bridgehead atoms. The maximum Gasteiger partial charge on any atom is 0.326 e. The Morgan fingerprint density at radius 3 is 2.53 bits per heavy atom. The molecule has 0 saturated heterocycles. The van der Waals surface area contributed by atoms with Crippen molar-refractivity contribution in [1.29, 1.82) is 0 Å². The van der Waals surface area contributed by atoms with E-state index < -0.39 is 35.1 Å². The Bertz CT molecular complexity index is 529. The van der Waals surface area contributed by atoms with E-state index >= 15 is 0 Å². The van der Waals surface area contributed by atoms with E-state index in [4.69, 9.17) is 5.11 Å². The van der Waals surface area contributed by atoms with Gasteiger partial charge in [-0.1, -0.05) is 5.57 Å². The first-order chi connectivity index (χ1) is 8.81. The van der Waals surface area contributed by atoms with Crippen LogP contribution in [0.1, 0.15) is 23.7 Å². The lowest BCUT2D eigenvalue weighted by atomic mass is 10.1. The average Bonchev–Trinajstić information content (AvgIpc) is 2.26. The second-order valence-electron chi connectivity index (χ2n) is 4.15. The lowest BCUT2D eigenvalue weighted by Gasteiger charge is -2.14. The molecule has 1 atom stereocenters. The summed E-state index contributed by atoms with van der Waals surface area (Å²) in [5.74, 6) is -4.02. The number of aliphatic carboxylic acids is 1. The van der Waals surface area contributed by atoms with Crippen LogP contribution in [0.2, 0.25) is 0 Å². The highest BCUT2D eigenvalue weighted by molar-refractivity contribution is 5.96. The topological polar surface area (TPSA) is 66.4 Å². The van der Waals surface area contributed by atoms with Gasteiger partial charge in [-0.25, -0.2) is 13.6 Å². The summed E-state index contributed by atoms with van der Waals surface area (Å²) in [7, 11) is 0. The molecule has 1 aromatic carbocycles. The number of hydrogen-bond donors (Lipinski definition) is 2. The zero-order valence-corrected chi connectivity index (χ0v) is 10.2. The number of rotatable bonds is 5. The molecule has 1 aromatic rings. The van der Waals surface area contributed by atoms with Gasteiger partial charge in [0.2, 0.25) is 0 Å². The van der Waals surface area contributed by atoms with Crippen molar-refractivity contribution < 1.29 is 23.5 Å². The van der Waals surface area contributed by atoms with Gasteiger partial charge in [-0.3, -0.25) is 4.79 Å². The molecule has 0 aliphatic rings. The Morgan fingerprint density at radius 1 is 1.42 bits per heavy atom. The summed E-state index contributed by atoms with van der Waals surface area (Å²) in [6.45, 7) is 5.16. The standard InChI is InChI=1S/C13H13F2NO3/c1-7(2)5-11(13(18)19)16-12(17)9-4-3-8(14)6-10(9)15/h3-4,6,11H,1,5H2,2H3,(H,16,17)(H,18,19)/t11-/m0/s1. The van der Waals surface area contributed by atoms with Gasteiger partial charge in [-0.05, 0) is 25.5 Å². The summed E-state index contributed by atoms with van der Waals surface area (Å²) in [6, 6.07) is 1.24. The van der Waals surface area contributed by atoms with Crippen LogP contribution in [0.5, 0.6) is 0 Å². The minimum absolute atomic E-state index is 0.0316. The summed E-state index contributed by atoms with van der Waals surface area (Å²) in [5, 5.41) is 11.1. The third kappa shape index (κ3) is 4.17. The molecular weight excluding hydrogens is 256 g/mol. The highest BCUT2D eigenvalue weighted by Crippen LogP contribution is 2.11. The van der Waals surface area contributed by atoms with Crippen LogP contribution in [0, 0.1) is 11.6 Å². The summed E-state index contributed by atoms with van der Waals surface area (Å²) >= 11 is 0. The van der Waals surface area contributed by atoms with Gasteiger partial charge in [0.25, 0.3) is 5.91 Å². The minimum Gasteiger partial charge on any atom is -0.480 e. The molecule has 0 aromatic heterocycles. The van der Waals surface area contributed by atoms with Crippen molar-refractivity contribution in [2.75, 3.05) is 0 Å². The Morgan fingerprint density at radius 2 is 2.05 bits per heavy atom. The van der Waals surface area contributed by atoms with Crippen molar-refractivity contribution in [2.24, 2.45) is 0 Å². The van der Waals surface area contributed by atoms with Gasteiger partial charge in [0, 0.05) is 6.07 Å². The first kappa shape index (κ1) is 14.8. The normalized spacial score (nSPS) is 11.7. The second-order valence-corrected chi connectivity index (χ2v) is 4.15. The maximum atomic E-state index is 13.3. The largest absolute Gasteiger partial charge is 0.480 e. The van der Waals surface area contributed by atoms with Crippen LogP contribution in [-0.4, -0.2) is 23.0 Å². The molecule has 0 aliphatic heterocycles. The first-order valence-corrected chi connectivity index (χ1v) is 5.44. The number of carboxylic acids is 1. The molecule has 102 valence electrons. The SMILES string of the molecule is C=C(C)C[C@H](NC(=O)c1ccc(F)cc1F)C(=O)O. The molecule has 0 fully saturated rings. The van der Waals surface area contributed by atoms with Crippen LogP contribution in [0.3, 0.4) is 0 Å². The number of amides is 1. The Kier molecular flexibility index (Phi) is 4.74. The molecule has 0 aliphatic carbocycles. The number of carboxylic acid groups (broad SMARTS) is 1. The minimum atomic E-state index is -1.25. The van der Waals surface area contributed by atoms with E-state index in [0.717, 1.165) is 12.1 Å². The van der Waals surface area contributed by atoms with Crippen molar-refractivity contribution in [3.8, 4) is 0 Å². The molecule has 0 radical (unpaired) electrons. The lowest BCUT2D eigenvalue weighted by molar-refractivity contribution is -0.139. The fraction of sp³-hybridized carbons (Fsp3) is 0.231. The van der Waals surface area contributed by atoms with E-state index in [0.29, 0.717) is 11.6 Å².